The average molecular weight is 208 g/mol. The molecule has 2 amide bonds. The summed E-state index contributed by atoms with van der Waals surface area (Å²) >= 11 is 0. The third kappa shape index (κ3) is 2.75. The second-order valence-corrected chi connectivity index (χ2v) is 3.97. The highest BCUT2D eigenvalue weighted by atomic mass is 16.3. The maximum Gasteiger partial charge on any atom is 0.315 e. The summed E-state index contributed by atoms with van der Waals surface area (Å²) in [6.45, 7) is 2.34. The molecule has 0 bridgehead atoms. The number of amides is 2. The molecule has 0 spiro atoms. The Morgan fingerprint density at radius 3 is 2.87 bits per heavy atom. The molecule has 0 atom stereocenters. The van der Waals surface area contributed by atoms with Crippen LogP contribution >= 0.6 is 0 Å². The minimum absolute atomic E-state index is 0.103. The molecule has 1 aliphatic rings. The first kappa shape index (κ1) is 10.1. The van der Waals surface area contributed by atoms with Crippen molar-refractivity contribution in [3.8, 4) is 0 Å². The van der Waals surface area contributed by atoms with Gasteiger partial charge in [0.05, 0.1) is 6.54 Å². The first-order valence-corrected chi connectivity index (χ1v) is 5.34. The number of urea groups is 1. The Hall–Kier alpha value is -1.45. The Morgan fingerprint density at radius 1 is 1.53 bits per heavy atom. The molecule has 0 unspecified atom stereocenters. The molecular formula is C11H16N2O2. The van der Waals surface area contributed by atoms with E-state index in [1.807, 2.05) is 19.1 Å². The lowest BCUT2D eigenvalue weighted by molar-refractivity contribution is 0.227. The molecule has 0 radical (unpaired) electrons. The van der Waals surface area contributed by atoms with Gasteiger partial charge in [0.25, 0.3) is 0 Å². The van der Waals surface area contributed by atoms with E-state index in [1.54, 1.807) is 0 Å². The van der Waals surface area contributed by atoms with Crippen LogP contribution in [0.25, 0.3) is 0 Å². The maximum absolute atomic E-state index is 11.4. The second-order valence-electron chi connectivity index (χ2n) is 3.97. The summed E-state index contributed by atoms with van der Waals surface area (Å²) in [5, 5.41) is 5.67. The van der Waals surface area contributed by atoms with Crippen LogP contribution in [0.3, 0.4) is 0 Å². The van der Waals surface area contributed by atoms with E-state index in [4.69, 9.17) is 4.42 Å². The summed E-state index contributed by atoms with van der Waals surface area (Å²) in [6, 6.07) is 4.04. The van der Waals surface area contributed by atoms with Gasteiger partial charge in [0.2, 0.25) is 0 Å². The van der Waals surface area contributed by atoms with Gasteiger partial charge in [-0.05, 0) is 38.3 Å². The molecule has 1 aromatic heterocycles. The van der Waals surface area contributed by atoms with Crippen LogP contribution in [0.5, 0.6) is 0 Å². The monoisotopic (exact) mass is 208 g/mol. The van der Waals surface area contributed by atoms with Crippen molar-refractivity contribution in [2.24, 2.45) is 0 Å². The lowest BCUT2D eigenvalue weighted by atomic mass is 9.93. The fraction of sp³-hybridized carbons (Fsp3) is 0.545. The van der Waals surface area contributed by atoms with Crippen LogP contribution in [0, 0.1) is 6.92 Å². The van der Waals surface area contributed by atoms with E-state index in [0.29, 0.717) is 12.6 Å². The molecule has 1 aromatic rings. The van der Waals surface area contributed by atoms with Gasteiger partial charge in [-0.25, -0.2) is 4.79 Å². The number of hydrogen-bond acceptors (Lipinski definition) is 2. The third-order valence-electron chi connectivity index (χ3n) is 2.66. The number of carbonyl (C=O) groups is 1. The quantitative estimate of drug-likeness (QED) is 0.797. The SMILES string of the molecule is Cc1ccc(CNC(=O)NC2CCC2)o1. The molecule has 1 aliphatic carbocycles. The zero-order chi connectivity index (χ0) is 10.7. The highest BCUT2D eigenvalue weighted by Gasteiger charge is 2.18. The van der Waals surface area contributed by atoms with Crippen LogP contribution in [-0.2, 0) is 6.54 Å². The van der Waals surface area contributed by atoms with Gasteiger partial charge in [0.1, 0.15) is 11.5 Å². The van der Waals surface area contributed by atoms with Crippen LogP contribution in [0.4, 0.5) is 4.79 Å². The molecule has 4 nitrogen and oxygen atoms in total. The lowest BCUT2D eigenvalue weighted by Gasteiger charge is -2.26. The van der Waals surface area contributed by atoms with Crippen molar-refractivity contribution in [1.82, 2.24) is 10.6 Å². The Kier molecular flexibility index (Phi) is 2.94. The standard InChI is InChI=1S/C11H16N2O2/c1-8-5-6-10(15-8)7-12-11(14)13-9-3-2-4-9/h5-6,9H,2-4,7H2,1H3,(H2,12,13,14). The normalized spacial score (nSPS) is 15.8. The van der Waals surface area contributed by atoms with Gasteiger partial charge in [0, 0.05) is 6.04 Å². The maximum atomic E-state index is 11.4. The smallest absolute Gasteiger partial charge is 0.315 e. The van der Waals surface area contributed by atoms with Gasteiger partial charge in [-0.2, -0.15) is 0 Å². The Balaban J connectivity index is 1.70. The summed E-state index contributed by atoms with van der Waals surface area (Å²) in [5.74, 6) is 1.66. The van der Waals surface area contributed by atoms with E-state index in [0.717, 1.165) is 24.4 Å². The Bertz CT molecular complexity index is 342. The fourth-order valence-corrected chi connectivity index (χ4v) is 1.54. The highest BCUT2D eigenvalue weighted by molar-refractivity contribution is 5.74. The summed E-state index contributed by atoms with van der Waals surface area (Å²) in [6.07, 6.45) is 3.43. The topological polar surface area (TPSA) is 54.3 Å². The van der Waals surface area contributed by atoms with Crippen molar-refractivity contribution < 1.29 is 9.21 Å². The molecule has 82 valence electrons. The van der Waals surface area contributed by atoms with Crippen LogP contribution in [0.15, 0.2) is 16.5 Å². The second kappa shape index (κ2) is 4.38. The van der Waals surface area contributed by atoms with Gasteiger partial charge < -0.3 is 15.1 Å². The molecule has 1 fully saturated rings. The van der Waals surface area contributed by atoms with E-state index in [1.165, 1.54) is 6.42 Å². The molecule has 1 saturated carbocycles. The van der Waals surface area contributed by atoms with Gasteiger partial charge in [-0.1, -0.05) is 0 Å². The van der Waals surface area contributed by atoms with Gasteiger partial charge in [-0.3, -0.25) is 0 Å². The van der Waals surface area contributed by atoms with Gasteiger partial charge in [-0.15, -0.1) is 0 Å². The number of carbonyl (C=O) groups excluding carboxylic acids is 1. The number of furan rings is 1. The Morgan fingerprint density at radius 2 is 2.33 bits per heavy atom. The summed E-state index contributed by atoms with van der Waals surface area (Å²) in [5.41, 5.74) is 0. The van der Waals surface area contributed by atoms with Crippen molar-refractivity contribution in [2.75, 3.05) is 0 Å². The molecule has 0 saturated heterocycles. The molecule has 0 aliphatic heterocycles. The number of rotatable bonds is 3. The van der Waals surface area contributed by atoms with Crippen LogP contribution in [-0.4, -0.2) is 12.1 Å². The molecule has 2 N–H and O–H groups in total. The Labute approximate surface area is 89.0 Å². The molecule has 4 heteroatoms. The minimum Gasteiger partial charge on any atom is -0.465 e. The summed E-state index contributed by atoms with van der Waals surface area (Å²) in [4.78, 5) is 11.4. The van der Waals surface area contributed by atoms with Crippen molar-refractivity contribution in [2.45, 2.75) is 38.8 Å². The third-order valence-corrected chi connectivity index (χ3v) is 2.66. The summed E-state index contributed by atoms with van der Waals surface area (Å²) < 4.78 is 5.34. The van der Waals surface area contributed by atoms with Gasteiger partial charge >= 0.3 is 6.03 Å². The predicted molar refractivity (Wildman–Crippen MR) is 56.5 cm³/mol. The van der Waals surface area contributed by atoms with Gasteiger partial charge in [0.15, 0.2) is 0 Å². The van der Waals surface area contributed by atoms with E-state index < -0.39 is 0 Å². The van der Waals surface area contributed by atoms with E-state index in [-0.39, 0.29) is 6.03 Å². The van der Waals surface area contributed by atoms with Crippen molar-refractivity contribution >= 4 is 6.03 Å². The summed E-state index contributed by atoms with van der Waals surface area (Å²) in [7, 11) is 0. The predicted octanol–water partition coefficient (Wildman–Crippen LogP) is 1.94. The number of hydrogen-bond donors (Lipinski definition) is 2. The van der Waals surface area contributed by atoms with Crippen molar-refractivity contribution in [3.63, 3.8) is 0 Å². The van der Waals surface area contributed by atoms with E-state index in [2.05, 4.69) is 10.6 Å². The van der Waals surface area contributed by atoms with Crippen LogP contribution in [0.1, 0.15) is 30.8 Å². The highest BCUT2D eigenvalue weighted by Crippen LogP contribution is 2.17. The molecule has 2 rings (SSSR count). The molecule has 0 aromatic carbocycles. The van der Waals surface area contributed by atoms with Crippen LogP contribution in [0.2, 0.25) is 0 Å². The minimum atomic E-state index is -0.103. The van der Waals surface area contributed by atoms with Crippen molar-refractivity contribution in [3.05, 3.63) is 23.7 Å². The molecular weight excluding hydrogens is 192 g/mol. The average Bonchev–Trinajstić information content (AvgIpc) is 2.55. The van der Waals surface area contributed by atoms with E-state index >= 15 is 0 Å². The zero-order valence-corrected chi connectivity index (χ0v) is 8.88. The fourth-order valence-electron chi connectivity index (χ4n) is 1.54. The lowest BCUT2D eigenvalue weighted by Crippen LogP contribution is -2.44. The first-order valence-electron chi connectivity index (χ1n) is 5.34. The largest absolute Gasteiger partial charge is 0.465 e. The van der Waals surface area contributed by atoms with Crippen LogP contribution < -0.4 is 10.6 Å². The zero-order valence-electron chi connectivity index (χ0n) is 8.88. The van der Waals surface area contributed by atoms with E-state index in [9.17, 15) is 4.79 Å². The molecule has 1 heterocycles. The first-order chi connectivity index (χ1) is 7.24. The number of aryl methyl sites for hydroxylation is 1. The number of nitrogens with one attached hydrogen (secondary N) is 2. The molecule has 15 heavy (non-hydrogen) atoms. The van der Waals surface area contributed by atoms with Crippen molar-refractivity contribution in [1.29, 1.82) is 0 Å².